The maximum absolute atomic E-state index is 11.5. The monoisotopic (exact) mass is 291 g/mol. The molecule has 0 bridgehead atoms. The number of hydrogen-bond donors (Lipinski definition) is 1. The highest BCUT2D eigenvalue weighted by Gasteiger charge is 2.23. The summed E-state index contributed by atoms with van der Waals surface area (Å²) in [4.78, 5) is 11.5. The van der Waals surface area contributed by atoms with Crippen LogP contribution in [0, 0.1) is 0 Å². The van der Waals surface area contributed by atoms with E-state index in [-0.39, 0.29) is 18.5 Å². The number of methoxy groups -OCH3 is 1. The van der Waals surface area contributed by atoms with Crippen LogP contribution in [0.4, 0.5) is 5.69 Å². The zero-order valence-electron chi connectivity index (χ0n) is 12.4. The molecule has 1 heterocycles. The minimum Gasteiger partial charge on any atom is -0.465 e. The molecule has 1 aliphatic rings. The minimum absolute atomic E-state index is 0.192. The van der Waals surface area contributed by atoms with Crippen LogP contribution in [0.2, 0.25) is 0 Å². The topological polar surface area (TPSA) is 56.8 Å². The third-order valence-corrected chi connectivity index (χ3v) is 3.21. The van der Waals surface area contributed by atoms with Crippen LogP contribution in [-0.2, 0) is 14.3 Å². The van der Waals surface area contributed by atoms with Crippen molar-refractivity contribution in [2.75, 3.05) is 12.4 Å². The summed E-state index contributed by atoms with van der Waals surface area (Å²) in [5, 5.41) is 2.74. The van der Waals surface area contributed by atoms with Crippen molar-refractivity contribution < 1.29 is 19.0 Å². The highest BCUT2D eigenvalue weighted by atomic mass is 16.8. The second-order valence-corrected chi connectivity index (χ2v) is 5.04. The molecule has 1 amide bonds. The Hall–Kier alpha value is -1.85. The van der Waals surface area contributed by atoms with Crippen molar-refractivity contribution >= 4 is 11.6 Å². The fourth-order valence-corrected chi connectivity index (χ4v) is 2.02. The van der Waals surface area contributed by atoms with Gasteiger partial charge in [0.25, 0.3) is 5.91 Å². The molecular weight excluding hydrogens is 270 g/mol. The molecular formula is C16H21NO4. The van der Waals surface area contributed by atoms with Crippen molar-refractivity contribution in [3.8, 4) is 5.75 Å². The first-order valence-corrected chi connectivity index (χ1v) is 7.00. The standard InChI is InChI=1S/C16H21NO4/c1-11(2)16(18)17-12-7-9-13(10-8-12)20-15-6-4-5-14(19-3)21-15/h7-10,14-15H,1,4-6H2,2-3H3,(H,17,18). The van der Waals surface area contributed by atoms with E-state index in [1.165, 1.54) is 0 Å². The molecule has 21 heavy (non-hydrogen) atoms. The van der Waals surface area contributed by atoms with E-state index >= 15 is 0 Å². The smallest absolute Gasteiger partial charge is 0.250 e. The van der Waals surface area contributed by atoms with Gasteiger partial charge in [0.15, 0.2) is 6.29 Å². The van der Waals surface area contributed by atoms with Gasteiger partial charge in [-0.1, -0.05) is 6.58 Å². The first-order valence-electron chi connectivity index (χ1n) is 7.00. The maximum Gasteiger partial charge on any atom is 0.250 e. The predicted molar refractivity (Wildman–Crippen MR) is 80.0 cm³/mol. The largest absolute Gasteiger partial charge is 0.465 e. The average Bonchev–Trinajstić information content (AvgIpc) is 2.49. The average molecular weight is 291 g/mol. The fourth-order valence-electron chi connectivity index (χ4n) is 2.02. The van der Waals surface area contributed by atoms with Crippen molar-refractivity contribution in [3.63, 3.8) is 0 Å². The fraction of sp³-hybridized carbons (Fsp3) is 0.438. The molecule has 1 aromatic rings. The summed E-state index contributed by atoms with van der Waals surface area (Å²) in [6, 6.07) is 7.17. The van der Waals surface area contributed by atoms with Gasteiger partial charge in [0.05, 0.1) is 0 Å². The Morgan fingerprint density at radius 2 is 1.95 bits per heavy atom. The van der Waals surface area contributed by atoms with E-state index in [9.17, 15) is 4.79 Å². The Morgan fingerprint density at radius 1 is 1.29 bits per heavy atom. The summed E-state index contributed by atoms with van der Waals surface area (Å²) >= 11 is 0. The Balaban J connectivity index is 1.90. The normalized spacial score (nSPS) is 21.6. The number of carbonyl (C=O) groups excluding carboxylic acids is 1. The van der Waals surface area contributed by atoms with Gasteiger partial charge in [-0.25, -0.2) is 0 Å². The molecule has 0 saturated carbocycles. The summed E-state index contributed by atoms with van der Waals surface area (Å²) in [5.74, 6) is 0.507. The molecule has 2 atom stereocenters. The molecule has 2 rings (SSSR count). The third-order valence-electron chi connectivity index (χ3n) is 3.21. The van der Waals surface area contributed by atoms with Gasteiger partial charge in [0, 0.05) is 24.8 Å². The van der Waals surface area contributed by atoms with Gasteiger partial charge in [-0.3, -0.25) is 4.79 Å². The second kappa shape index (κ2) is 7.24. The molecule has 1 fully saturated rings. The van der Waals surface area contributed by atoms with E-state index in [1.54, 1.807) is 38.3 Å². The number of rotatable bonds is 5. The van der Waals surface area contributed by atoms with E-state index in [0.29, 0.717) is 17.0 Å². The van der Waals surface area contributed by atoms with Crippen LogP contribution in [-0.4, -0.2) is 25.6 Å². The molecule has 0 aliphatic carbocycles. The number of nitrogens with one attached hydrogen (secondary N) is 1. The lowest BCUT2D eigenvalue weighted by atomic mass is 10.2. The Bertz CT molecular complexity index is 498. The van der Waals surface area contributed by atoms with Gasteiger partial charge in [-0.2, -0.15) is 0 Å². The Morgan fingerprint density at radius 3 is 2.57 bits per heavy atom. The van der Waals surface area contributed by atoms with Gasteiger partial charge in [0.1, 0.15) is 5.75 Å². The molecule has 0 radical (unpaired) electrons. The zero-order valence-corrected chi connectivity index (χ0v) is 12.4. The lowest BCUT2D eigenvalue weighted by Gasteiger charge is -2.29. The lowest BCUT2D eigenvalue weighted by Crippen LogP contribution is -2.32. The molecule has 2 unspecified atom stereocenters. The lowest BCUT2D eigenvalue weighted by molar-refractivity contribution is -0.232. The number of anilines is 1. The summed E-state index contributed by atoms with van der Waals surface area (Å²) < 4.78 is 16.6. The molecule has 5 heteroatoms. The Kier molecular flexibility index (Phi) is 5.36. The quantitative estimate of drug-likeness (QED) is 0.847. The van der Waals surface area contributed by atoms with Gasteiger partial charge < -0.3 is 19.5 Å². The van der Waals surface area contributed by atoms with Crippen LogP contribution in [0.3, 0.4) is 0 Å². The van der Waals surface area contributed by atoms with Crippen LogP contribution in [0.1, 0.15) is 26.2 Å². The van der Waals surface area contributed by atoms with Crippen molar-refractivity contribution in [3.05, 3.63) is 36.4 Å². The molecule has 1 N–H and O–H groups in total. The molecule has 1 aliphatic heterocycles. The summed E-state index contributed by atoms with van der Waals surface area (Å²) in [5.41, 5.74) is 1.17. The second-order valence-electron chi connectivity index (χ2n) is 5.04. The maximum atomic E-state index is 11.5. The highest BCUT2D eigenvalue weighted by molar-refractivity contribution is 6.02. The van der Waals surface area contributed by atoms with Crippen molar-refractivity contribution in [2.45, 2.75) is 38.8 Å². The van der Waals surface area contributed by atoms with E-state index in [0.717, 1.165) is 19.3 Å². The van der Waals surface area contributed by atoms with Crippen molar-refractivity contribution in [2.24, 2.45) is 0 Å². The van der Waals surface area contributed by atoms with E-state index in [2.05, 4.69) is 11.9 Å². The minimum atomic E-state index is -0.292. The van der Waals surface area contributed by atoms with Crippen molar-refractivity contribution in [1.29, 1.82) is 0 Å². The van der Waals surface area contributed by atoms with E-state index in [1.807, 2.05) is 0 Å². The third kappa shape index (κ3) is 4.58. The van der Waals surface area contributed by atoms with Crippen LogP contribution in [0.5, 0.6) is 5.75 Å². The van der Waals surface area contributed by atoms with E-state index in [4.69, 9.17) is 14.2 Å². The van der Waals surface area contributed by atoms with Crippen LogP contribution in [0.25, 0.3) is 0 Å². The van der Waals surface area contributed by atoms with E-state index < -0.39 is 0 Å². The highest BCUT2D eigenvalue weighted by Crippen LogP contribution is 2.24. The van der Waals surface area contributed by atoms with Gasteiger partial charge in [-0.05, 0) is 44.0 Å². The number of hydrogen-bond acceptors (Lipinski definition) is 4. The molecule has 0 spiro atoms. The van der Waals surface area contributed by atoms with Crippen LogP contribution < -0.4 is 10.1 Å². The molecule has 5 nitrogen and oxygen atoms in total. The number of ether oxygens (including phenoxy) is 3. The summed E-state index contributed by atoms with van der Waals surface area (Å²) in [7, 11) is 1.63. The van der Waals surface area contributed by atoms with Gasteiger partial charge in [-0.15, -0.1) is 0 Å². The van der Waals surface area contributed by atoms with Crippen molar-refractivity contribution in [1.82, 2.24) is 0 Å². The summed E-state index contributed by atoms with van der Waals surface area (Å²) in [6.07, 6.45) is 2.25. The number of carbonyl (C=O) groups is 1. The van der Waals surface area contributed by atoms with Crippen LogP contribution >= 0.6 is 0 Å². The molecule has 1 saturated heterocycles. The first-order chi connectivity index (χ1) is 10.1. The number of amides is 1. The molecule has 114 valence electrons. The van der Waals surface area contributed by atoms with Crippen LogP contribution in [0.15, 0.2) is 36.4 Å². The van der Waals surface area contributed by atoms with Gasteiger partial charge >= 0.3 is 0 Å². The predicted octanol–water partition coefficient (Wildman–Crippen LogP) is 3.08. The van der Waals surface area contributed by atoms with Gasteiger partial charge in [0.2, 0.25) is 6.29 Å². The zero-order chi connectivity index (χ0) is 15.2. The summed E-state index contributed by atoms with van der Waals surface area (Å²) in [6.45, 7) is 5.26. The first kappa shape index (κ1) is 15.5. The Labute approximate surface area is 124 Å². The number of benzene rings is 1. The SMILES string of the molecule is C=C(C)C(=O)Nc1ccc(OC2CCCC(OC)O2)cc1. The molecule has 0 aromatic heterocycles. The molecule has 1 aromatic carbocycles.